The summed E-state index contributed by atoms with van der Waals surface area (Å²) in [5.41, 5.74) is -1.69. The van der Waals surface area contributed by atoms with Gasteiger partial charge >= 0.3 is 5.97 Å². The van der Waals surface area contributed by atoms with E-state index in [2.05, 4.69) is 4.74 Å². The van der Waals surface area contributed by atoms with E-state index in [1.165, 1.54) is 0 Å². The van der Waals surface area contributed by atoms with Crippen molar-refractivity contribution in [2.24, 2.45) is 0 Å². The minimum absolute atomic E-state index is 0.243. The van der Waals surface area contributed by atoms with Crippen molar-refractivity contribution in [2.75, 3.05) is 0 Å². The third kappa shape index (κ3) is 1.62. The van der Waals surface area contributed by atoms with Crippen LogP contribution in [-0.4, -0.2) is 16.9 Å². The first-order valence-electron chi connectivity index (χ1n) is 3.24. The molecule has 0 aromatic heterocycles. The molecule has 0 spiro atoms. The summed E-state index contributed by atoms with van der Waals surface area (Å²) in [6.45, 7) is 1.97. The molecule has 1 heterocycles. The maximum absolute atomic E-state index is 12.4. The van der Waals surface area contributed by atoms with Gasteiger partial charge in [0.2, 0.25) is 5.50 Å². The zero-order chi connectivity index (χ0) is 7.56. The normalized spacial score (nSPS) is 32.4. The number of carbonyl (C=O) groups excluding carboxylic acids is 1. The lowest BCUT2D eigenvalue weighted by molar-refractivity contribution is -0.145. The van der Waals surface area contributed by atoms with E-state index < -0.39 is 11.5 Å². The Morgan fingerprint density at radius 1 is 1.80 bits per heavy atom. The van der Waals surface area contributed by atoms with Crippen LogP contribution in [0.3, 0.4) is 0 Å². The standard InChI is InChI=1S/C6H9FO2S/c1-2-3-4-9-6(8)5(7)10-4/h4-5H,2-3H2,1H3/t4-,5+/m0/s1. The van der Waals surface area contributed by atoms with Gasteiger partial charge in [0.05, 0.1) is 0 Å². The van der Waals surface area contributed by atoms with Gasteiger partial charge in [-0.2, -0.15) is 0 Å². The molecule has 2 atom stereocenters. The number of cyclic esters (lactones) is 1. The molecule has 0 radical (unpaired) electrons. The van der Waals surface area contributed by atoms with E-state index in [1.807, 2.05) is 6.92 Å². The van der Waals surface area contributed by atoms with E-state index >= 15 is 0 Å². The Morgan fingerprint density at radius 3 is 2.90 bits per heavy atom. The molecule has 0 bridgehead atoms. The minimum atomic E-state index is -1.45. The second-order valence-corrected chi connectivity index (χ2v) is 3.32. The first kappa shape index (κ1) is 7.85. The summed E-state index contributed by atoms with van der Waals surface area (Å²) >= 11 is 0.960. The molecule has 0 unspecified atom stereocenters. The Labute approximate surface area is 63.1 Å². The Balaban J connectivity index is 2.34. The Bertz CT molecular complexity index is 140. The summed E-state index contributed by atoms with van der Waals surface area (Å²) in [7, 11) is 0. The number of hydrogen-bond donors (Lipinski definition) is 0. The second-order valence-electron chi connectivity index (χ2n) is 2.11. The van der Waals surface area contributed by atoms with Gasteiger partial charge in [-0.05, 0) is 6.42 Å². The minimum Gasteiger partial charge on any atom is -0.448 e. The molecule has 4 heteroatoms. The molecule has 1 saturated heterocycles. The van der Waals surface area contributed by atoms with Crippen LogP contribution in [0.25, 0.3) is 0 Å². The molecule has 0 aromatic rings. The summed E-state index contributed by atoms with van der Waals surface area (Å²) in [6, 6.07) is 0. The Kier molecular flexibility index (Phi) is 2.54. The molecule has 10 heavy (non-hydrogen) atoms. The van der Waals surface area contributed by atoms with Gasteiger partial charge in [-0.3, -0.25) is 0 Å². The van der Waals surface area contributed by atoms with Crippen LogP contribution in [0.15, 0.2) is 0 Å². The predicted molar refractivity (Wildman–Crippen MR) is 37.3 cm³/mol. The summed E-state index contributed by atoms with van der Waals surface area (Å²) in [4.78, 5) is 10.4. The van der Waals surface area contributed by atoms with Crippen LogP contribution in [0.5, 0.6) is 0 Å². The first-order chi connectivity index (χ1) is 4.74. The largest absolute Gasteiger partial charge is 0.448 e. The van der Waals surface area contributed by atoms with Gasteiger partial charge in [0.1, 0.15) is 0 Å². The molecular formula is C6H9FO2S. The third-order valence-corrected chi connectivity index (χ3v) is 2.30. The Hall–Kier alpha value is -0.250. The quantitative estimate of drug-likeness (QED) is 0.581. The average molecular weight is 164 g/mol. The van der Waals surface area contributed by atoms with E-state index in [0.717, 1.165) is 24.6 Å². The van der Waals surface area contributed by atoms with Crippen LogP contribution < -0.4 is 0 Å². The zero-order valence-electron chi connectivity index (χ0n) is 5.67. The summed E-state index contributed by atoms with van der Waals surface area (Å²) in [5.74, 6) is -0.719. The number of ether oxygens (including phenoxy) is 1. The number of alkyl halides is 1. The fraction of sp³-hybridized carbons (Fsp3) is 0.833. The van der Waals surface area contributed by atoms with Crippen LogP contribution in [0, 0.1) is 0 Å². The van der Waals surface area contributed by atoms with Gasteiger partial charge in [-0.15, -0.1) is 0 Å². The molecule has 0 amide bonds. The topological polar surface area (TPSA) is 26.3 Å². The van der Waals surface area contributed by atoms with Gasteiger partial charge in [0, 0.05) is 0 Å². The number of carbonyl (C=O) groups is 1. The van der Waals surface area contributed by atoms with Crippen LogP contribution in [0.1, 0.15) is 19.8 Å². The van der Waals surface area contributed by atoms with E-state index in [0.29, 0.717) is 0 Å². The fourth-order valence-electron chi connectivity index (χ4n) is 0.762. The third-order valence-electron chi connectivity index (χ3n) is 1.23. The lowest BCUT2D eigenvalue weighted by Crippen LogP contribution is -2.06. The van der Waals surface area contributed by atoms with Crippen molar-refractivity contribution in [1.29, 1.82) is 0 Å². The van der Waals surface area contributed by atoms with Crippen molar-refractivity contribution in [3.05, 3.63) is 0 Å². The predicted octanol–water partition coefficient (Wildman–Crippen LogP) is 1.70. The monoisotopic (exact) mass is 164 g/mol. The molecule has 0 N–H and O–H groups in total. The molecule has 0 aromatic carbocycles. The average Bonchev–Trinajstić information content (AvgIpc) is 2.14. The van der Waals surface area contributed by atoms with Crippen molar-refractivity contribution >= 4 is 17.7 Å². The SMILES string of the molecule is CCC[C@H]1OC(=O)[C@H](F)S1. The Morgan fingerprint density at radius 2 is 2.50 bits per heavy atom. The molecule has 1 fully saturated rings. The highest BCUT2D eigenvalue weighted by molar-refractivity contribution is 8.01. The number of halogens is 1. The summed E-state index contributed by atoms with van der Waals surface area (Å²) in [6.07, 6.45) is 1.66. The van der Waals surface area contributed by atoms with Gasteiger partial charge in [-0.1, -0.05) is 25.1 Å². The zero-order valence-corrected chi connectivity index (χ0v) is 6.49. The molecule has 1 rings (SSSR count). The lowest BCUT2D eigenvalue weighted by atomic mass is 10.4. The molecule has 0 saturated carbocycles. The van der Waals surface area contributed by atoms with E-state index in [9.17, 15) is 9.18 Å². The van der Waals surface area contributed by atoms with Crippen molar-refractivity contribution in [3.63, 3.8) is 0 Å². The summed E-state index contributed by atoms with van der Waals surface area (Å²) in [5, 5.41) is 0. The van der Waals surface area contributed by atoms with E-state index in [-0.39, 0.29) is 5.44 Å². The lowest BCUT2D eigenvalue weighted by Gasteiger charge is -2.03. The molecule has 1 aliphatic rings. The van der Waals surface area contributed by atoms with Gasteiger partial charge in [-0.25, -0.2) is 9.18 Å². The molecular weight excluding hydrogens is 155 g/mol. The van der Waals surface area contributed by atoms with Crippen molar-refractivity contribution < 1.29 is 13.9 Å². The molecule has 2 nitrogen and oxygen atoms in total. The fourth-order valence-corrected chi connectivity index (χ4v) is 1.72. The number of thioether (sulfide) groups is 1. The second kappa shape index (κ2) is 3.23. The van der Waals surface area contributed by atoms with Crippen molar-refractivity contribution in [2.45, 2.75) is 30.7 Å². The number of hydrogen-bond acceptors (Lipinski definition) is 3. The number of rotatable bonds is 2. The van der Waals surface area contributed by atoms with E-state index in [4.69, 9.17) is 0 Å². The van der Waals surface area contributed by atoms with Crippen LogP contribution >= 0.6 is 11.8 Å². The summed E-state index contributed by atoms with van der Waals surface area (Å²) < 4.78 is 17.0. The van der Waals surface area contributed by atoms with Crippen molar-refractivity contribution in [1.82, 2.24) is 0 Å². The van der Waals surface area contributed by atoms with Gasteiger partial charge < -0.3 is 4.74 Å². The first-order valence-corrected chi connectivity index (χ1v) is 4.18. The van der Waals surface area contributed by atoms with Gasteiger partial charge in [0.15, 0.2) is 5.44 Å². The highest BCUT2D eigenvalue weighted by Gasteiger charge is 2.34. The van der Waals surface area contributed by atoms with E-state index in [1.54, 1.807) is 0 Å². The molecule has 0 aliphatic carbocycles. The van der Waals surface area contributed by atoms with Crippen LogP contribution in [-0.2, 0) is 9.53 Å². The van der Waals surface area contributed by atoms with Crippen molar-refractivity contribution in [3.8, 4) is 0 Å². The number of esters is 1. The molecule has 58 valence electrons. The van der Waals surface area contributed by atoms with Crippen LogP contribution in [0.4, 0.5) is 4.39 Å². The maximum atomic E-state index is 12.4. The van der Waals surface area contributed by atoms with Crippen LogP contribution in [0.2, 0.25) is 0 Å². The molecule has 1 aliphatic heterocycles. The maximum Gasteiger partial charge on any atom is 0.352 e. The highest BCUT2D eigenvalue weighted by atomic mass is 32.2. The smallest absolute Gasteiger partial charge is 0.352 e. The highest BCUT2D eigenvalue weighted by Crippen LogP contribution is 2.31. The van der Waals surface area contributed by atoms with Gasteiger partial charge in [0.25, 0.3) is 0 Å².